The number of hydrogen-bond acceptors (Lipinski definition) is 6. The van der Waals surface area contributed by atoms with Gasteiger partial charge in [-0.2, -0.15) is 0 Å². The summed E-state index contributed by atoms with van der Waals surface area (Å²) in [5, 5.41) is 23.0. The summed E-state index contributed by atoms with van der Waals surface area (Å²) >= 11 is 0. The first kappa shape index (κ1) is 19.5. The van der Waals surface area contributed by atoms with E-state index in [4.69, 9.17) is 14.9 Å². The number of hydrogen-bond donors (Lipinski definition) is 4. The molecule has 4 N–H and O–H groups in total. The first-order chi connectivity index (χ1) is 13.8. The highest BCUT2D eigenvalue weighted by Crippen LogP contribution is 2.34. The second kappa shape index (κ2) is 7.80. The maximum absolute atomic E-state index is 11.8. The third-order valence-electron chi connectivity index (χ3n) is 3.94. The van der Waals surface area contributed by atoms with Gasteiger partial charge in [-0.3, -0.25) is 9.59 Å². The SMILES string of the molecule is CCOc1ccc2c(NC(=O)C(=O)O)c3cc(NC(=O)C(=O)O)ccc3nc2c1. The molecule has 0 saturated heterocycles. The zero-order valence-corrected chi connectivity index (χ0v) is 15.1. The molecule has 3 aromatic rings. The van der Waals surface area contributed by atoms with Gasteiger partial charge >= 0.3 is 23.8 Å². The highest BCUT2D eigenvalue weighted by atomic mass is 16.5. The second-order valence-electron chi connectivity index (χ2n) is 5.85. The van der Waals surface area contributed by atoms with Gasteiger partial charge in [-0.15, -0.1) is 0 Å². The van der Waals surface area contributed by atoms with Crippen LogP contribution in [0.2, 0.25) is 0 Å². The zero-order chi connectivity index (χ0) is 21.1. The van der Waals surface area contributed by atoms with Crippen molar-refractivity contribution < 1.29 is 34.1 Å². The van der Waals surface area contributed by atoms with Gasteiger partial charge < -0.3 is 25.6 Å². The van der Waals surface area contributed by atoms with Crippen molar-refractivity contribution in [2.75, 3.05) is 17.2 Å². The quantitative estimate of drug-likeness (QED) is 0.384. The first-order valence-electron chi connectivity index (χ1n) is 8.39. The third kappa shape index (κ3) is 4.05. The number of nitrogens with one attached hydrogen (secondary N) is 2. The molecule has 3 rings (SSSR count). The molecule has 0 atom stereocenters. The van der Waals surface area contributed by atoms with Crippen LogP contribution >= 0.6 is 0 Å². The van der Waals surface area contributed by atoms with Crippen molar-refractivity contribution in [3.05, 3.63) is 36.4 Å². The number of carboxylic acids is 2. The Hall–Kier alpha value is -4.21. The second-order valence-corrected chi connectivity index (χ2v) is 5.85. The minimum atomic E-state index is -1.68. The number of fused-ring (bicyclic) bond motifs is 2. The van der Waals surface area contributed by atoms with Crippen molar-refractivity contribution in [1.82, 2.24) is 4.98 Å². The summed E-state index contributed by atoms with van der Waals surface area (Å²) in [6, 6.07) is 9.26. The Balaban J connectivity index is 2.22. The van der Waals surface area contributed by atoms with Gasteiger partial charge in [-0.1, -0.05) is 0 Å². The number of anilines is 2. The average molecular weight is 397 g/mol. The Kier molecular flexibility index (Phi) is 5.26. The highest BCUT2D eigenvalue weighted by Gasteiger charge is 2.18. The number of amides is 2. The lowest BCUT2D eigenvalue weighted by molar-refractivity contribution is -0.147. The van der Waals surface area contributed by atoms with E-state index < -0.39 is 23.8 Å². The van der Waals surface area contributed by atoms with Gasteiger partial charge in [0.25, 0.3) is 0 Å². The molecule has 0 unspecified atom stereocenters. The average Bonchev–Trinajstić information content (AvgIpc) is 2.67. The molecule has 0 aliphatic carbocycles. The van der Waals surface area contributed by atoms with Crippen LogP contribution in [0.4, 0.5) is 11.4 Å². The predicted octanol–water partition coefficient (Wildman–Crippen LogP) is 1.83. The van der Waals surface area contributed by atoms with Gasteiger partial charge in [-0.05, 0) is 37.3 Å². The Morgan fingerprint density at radius 1 is 0.897 bits per heavy atom. The van der Waals surface area contributed by atoms with Crippen LogP contribution in [0.1, 0.15) is 6.92 Å². The number of nitrogens with zero attached hydrogens (tertiary/aromatic N) is 1. The van der Waals surface area contributed by atoms with Crippen LogP contribution < -0.4 is 15.4 Å². The number of rotatable bonds is 4. The number of carbonyl (C=O) groups is 4. The monoisotopic (exact) mass is 397 g/mol. The zero-order valence-electron chi connectivity index (χ0n) is 15.1. The van der Waals surface area contributed by atoms with Crippen LogP contribution in [0.5, 0.6) is 5.75 Å². The van der Waals surface area contributed by atoms with E-state index in [0.717, 1.165) is 0 Å². The van der Waals surface area contributed by atoms with Crippen LogP contribution in [0.3, 0.4) is 0 Å². The molecule has 0 radical (unpaired) electrons. The molecule has 10 heteroatoms. The molecule has 0 saturated carbocycles. The summed E-state index contributed by atoms with van der Waals surface area (Å²) in [6.45, 7) is 2.26. The number of carboxylic acid groups (broad SMARTS) is 2. The van der Waals surface area contributed by atoms with Crippen LogP contribution in [-0.2, 0) is 19.2 Å². The molecule has 0 aliphatic heterocycles. The smallest absolute Gasteiger partial charge is 0.394 e. The molecule has 1 heterocycles. The predicted molar refractivity (Wildman–Crippen MR) is 103 cm³/mol. The minimum absolute atomic E-state index is 0.141. The summed E-state index contributed by atoms with van der Waals surface area (Å²) in [6.07, 6.45) is 0. The van der Waals surface area contributed by atoms with Crippen molar-refractivity contribution in [3.8, 4) is 5.75 Å². The Labute approximate surface area is 163 Å². The van der Waals surface area contributed by atoms with Gasteiger partial charge in [0.1, 0.15) is 5.75 Å². The molecular formula is C19H15N3O7. The van der Waals surface area contributed by atoms with E-state index in [-0.39, 0.29) is 11.4 Å². The van der Waals surface area contributed by atoms with Gasteiger partial charge in [-0.25, -0.2) is 14.6 Å². The fourth-order valence-electron chi connectivity index (χ4n) is 2.74. The van der Waals surface area contributed by atoms with E-state index in [0.29, 0.717) is 34.2 Å². The van der Waals surface area contributed by atoms with Crippen molar-refractivity contribution in [3.63, 3.8) is 0 Å². The molecule has 0 spiro atoms. The van der Waals surface area contributed by atoms with E-state index >= 15 is 0 Å². The molecule has 10 nitrogen and oxygen atoms in total. The van der Waals surface area contributed by atoms with E-state index in [1.807, 2.05) is 6.92 Å². The molecule has 29 heavy (non-hydrogen) atoms. The topological polar surface area (TPSA) is 155 Å². The maximum atomic E-state index is 11.8. The fraction of sp³-hybridized carbons (Fsp3) is 0.105. The lowest BCUT2D eigenvalue weighted by atomic mass is 10.1. The third-order valence-corrected chi connectivity index (χ3v) is 3.94. The van der Waals surface area contributed by atoms with Crippen LogP contribution in [0.15, 0.2) is 36.4 Å². The number of aliphatic carboxylic acids is 2. The van der Waals surface area contributed by atoms with E-state index in [2.05, 4.69) is 15.6 Å². The van der Waals surface area contributed by atoms with Gasteiger partial charge in [0, 0.05) is 22.5 Å². The van der Waals surface area contributed by atoms with Gasteiger partial charge in [0.05, 0.1) is 23.3 Å². The Bertz CT molecular complexity index is 1170. The summed E-state index contributed by atoms with van der Waals surface area (Å²) in [5.41, 5.74) is 1.14. The van der Waals surface area contributed by atoms with Crippen molar-refractivity contribution in [1.29, 1.82) is 0 Å². The Morgan fingerprint density at radius 2 is 1.59 bits per heavy atom. The van der Waals surface area contributed by atoms with Crippen LogP contribution in [0, 0.1) is 0 Å². The van der Waals surface area contributed by atoms with Crippen LogP contribution in [0.25, 0.3) is 21.8 Å². The largest absolute Gasteiger partial charge is 0.494 e. The van der Waals surface area contributed by atoms with Gasteiger partial charge in [0.15, 0.2) is 0 Å². The highest BCUT2D eigenvalue weighted by molar-refractivity contribution is 6.38. The fourth-order valence-corrected chi connectivity index (χ4v) is 2.74. The summed E-state index contributed by atoms with van der Waals surface area (Å²) in [4.78, 5) is 49.5. The number of benzene rings is 2. The summed E-state index contributed by atoms with van der Waals surface area (Å²) in [5.74, 6) is -5.29. The van der Waals surface area contributed by atoms with Gasteiger partial charge in [0.2, 0.25) is 0 Å². The number of aromatic nitrogens is 1. The molecular weight excluding hydrogens is 382 g/mol. The molecule has 148 valence electrons. The molecule has 2 amide bonds. The van der Waals surface area contributed by atoms with E-state index in [1.165, 1.54) is 18.2 Å². The number of carbonyl (C=O) groups excluding carboxylic acids is 2. The van der Waals surface area contributed by atoms with E-state index in [9.17, 15) is 19.2 Å². The molecule has 0 aliphatic rings. The molecule has 0 fully saturated rings. The molecule has 1 aromatic heterocycles. The summed E-state index contributed by atoms with van der Waals surface area (Å²) in [7, 11) is 0. The lowest BCUT2D eigenvalue weighted by Gasteiger charge is -2.13. The molecule has 2 aromatic carbocycles. The van der Waals surface area contributed by atoms with Crippen molar-refractivity contribution in [2.45, 2.75) is 6.92 Å². The van der Waals surface area contributed by atoms with Crippen molar-refractivity contribution >= 4 is 56.9 Å². The molecule has 0 bridgehead atoms. The standard InChI is InChI=1S/C19H15N3O7/c1-2-29-10-4-5-11-14(8-10)21-13-6-3-9(20-16(23)18(25)26)7-12(13)15(11)22-17(24)19(27)28/h3-8H,2H2,1H3,(H,20,23)(H,25,26)(H,27,28)(H,21,22,24). The first-order valence-corrected chi connectivity index (χ1v) is 8.39. The normalized spacial score (nSPS) is 10.5. The number of pyridine rings is 1. The van der Waals surface area contributed by atoms with E-state index in [1.54, 1.807) is 18.2 Å². The minimum Gasteiger partial charge on any atom is -0.494 e. The summed E-state index contributed by atoms with van der Waals surface area (Å²) < 4.78 is 5.45. The maximum Gasteiger partial charge on any atom is 0.394 e. The number of ether oxygens (including phenoxy) is 1. The van der Waals surface area contributed by atoms with Crippen LogP contribution in [-0.4, -0.2) is 45.6 Å². The lowest BCUT2D eigenvalue weighted by Crippen LogP contribution is -2.22. The van der Waals surface area contributed by atoms with Crippen molar-refractivity contribution in [2.24, 2.45) is 0 Å². The Morgan fingerprint density at radius 3 is 2.24 bits per heavy atom.